The largest absolute Gasteiger partial charge is 0.462 e. The number of hydrogen-bond donors (Lipinski definition) is 1. The quantitative estimate of drug-likeness (QED) is 0.498. The summed E-state index contributed by atoms with van der Waals surface area (Å²) in [7, 11) is 0. The highest BCUT2D eigenvalue weighted by molar-refractivity contribution is 6.31. The third kappa shape index (κ3) is 3.34. The molecule has 0 aliphatic carbocycles. The normalized spacial score (nSPS) is 15.4. The summed E-state index contributed by atoms with van der Waals surface area (Å²) in [6.45, 7) is 1.91. The third-order valence-corrected chi connectivity index (χ3v) is 5.21. The fraction of sp³-hybridized carbons (Fsp3) is 0.130. The number of carbonyl (C=O) groups excluding carboxylic acids is 2. The second-order valence-corrected chi connectivity index (χ2v) is 6.89. The molecule has 0 aromatic heterocycles. The first-order valence-corrected chi connectivity index (χ1v) is 9.59. The van der Waals surface area contributed by atoms with Crippen molar-refractivity contribution < 1.29 is 19.1 Å². The Morgan fingerprint density at radius 1 is 1.14 bits per heavy atom. The highest BCUT2D eigenvalue weighted by Crippen LogP contribution is 2.47. The van der Waals surface area contributed by atoms with Gasteiger partial charge >= 0.3 is 5.97 Å². The summed E-state index contributed by atoms with van der Waals surface area (Å²) in [6.07, 6.45) is 0.476. The van der Waals surface area contributed by atoms with Crippen LogP contribution in [0, 0.1) is 0 Å². The summed E-state index contributed by atoms with van der Waals surface area (Å²) in [6, 6.07) is 18.9. The smallest absolute Gasteiger partial charge is 0.340 e. The average Bonchev–Trinajstić information content (AvgIpc) is 2.73. The predicted molar refractivity (Wildman–Crippen MR) is 111 cm³/mol. The number of esters is 1. The number of benzene rings is 3. The number of hydrogen-bond acceptors (Lipinski definition) is 4. The Kier molecular flexibility index (Phi) is 5.23. The maximum atomic E-state index is 13.0. The Balaban J connectivity index is 2.07. The Morgan fingerprint density at radius 2 is 1.90 bits per heavy atom. The molecular formula is C23H18ClNO4. The van der Waals surface area contributed by atoms with Crippen LogP contribution in [0.4, 0.5) is 0 Å². The molecule has 0 bridgehead atoms. The molecule has 5 nitrogen and oxygen atoms in total. The van der Waals surface area contributed by atoms with Gasteiger partial charge in [0, 0.05) is 10.6 Å². The van der Waals surface area contributed by atoms with Gasteiger partial charge in [0.2, 0.25) is 12.3 Å². The third-order valence-electron chi connectivity index (χ3n) is 4.87. The van der Waals surface area contributed by atoms with Crippen LogP contribution < -0.4 is 10.1 Å². The summed E-state index contributed by atoms with van der Waals surface area (Å²) in [4.78, 5) is 24.2. The Bertz CT molecular complexity index is 1140. The SMILES string of the molecule is CCOC(=O)C1=C(NC=O)Oc2ccc3ccccc3c2C1c1ccccc1Cl. The monoisotopic (exact) mass is 407 g/mol. The Morgan fingerprint density at radius 3 is 2.66 bits per heavy atom. The molecule has 29 heavy (non-hydrogen) atoms. The fourth-order valence-electron chi connectivity index (χ4n) is 3.70. The molecule has 1 unspecified atom stereocenters. The number of nitrogens with one attached hydrogen (secondary N) is 1. The van der Waals surface area contributed by atoms with Crippen molar-refractivity contribution in [2.75, 3.05) is 6.61 Å². The van der Waals surface area contributed by atoms with Gasteiger partial charge in [0.15, 0.2) is 0 Å². The van der Waals surface area contributed by atoms with Crippen LogP contribution in [-0.4, -0.2) is 19.0 Å². The molecule has 0 radical (unpaired) electrons. The summed E-state index contributed by atoms with van der Waals surface area (Å²) >= 11 is 6.54. The molecule has 4 rings (SSSR count). The molecule has 1 N–H and O–H groups in total. The van der Waals surface area contributed by atoms with Crippen LogP contribution in [0.15, 0.2) is 72.1 Å². The van der Waals surface area contributed by atoms with Crippen LogP contribution in [0.1, 0.15) is 24.0 Å². The van der Waals surface area contributed by atoms with Gasteiger partial charge in [0.05, 0.1) is 12.5 Å². The Labute approximate surface area is 172 Å². The van der Waals surface area contributed by atoms with Gasteiger partial charge in [0.25, 0.3) is 0 Å². The van der Waals surface area contributed by atoms with Crippen molar-refractivity contribution in [3.05, 3.63) is 88.3 Å². The first-order chi connectivity index (χ1) is 14.2. The van der Waals surface area contributed by atoms with Gasteiger partial charge in [-0.3, -0.25) is 10.1 Å². The standard InChI is InChI=1S/C23H18ClNO4/c1-2-28-23(27)21-20(16-9-5-6-10-17(16)24)19-15-8-4-3-7-14(15)11-12-18(19)29-22(21)25-13-26/h3-13,20H,2H2,1H3,(H,25,26). The lowest BCUT2D eigenvalue weighted by Gasteiger charge is -2.31. The van der Waals surface area contributed by atoms with Crippen molar-refractivity contribution in [1.82, 2.24) is 5.32 Å². The summed E-state index contributed by atoms with van der Waals surface area (Å²) in [5, 5.41) is 4.95. The molecule has 1 atom stereocenters. The van der Waals surface area contributed by atoms with Crippen molar-refractivity contribution in [2.45, 2.75) is 12.8 Å². The lowest BCUT2D eigenvalue weighted by Crippen LogP contribution is -2.30. The fourth-order valence-corrected chi connectivity index (χ4v) is 3.95. The molecule has 6 heteroatoms. The van der Waals surface area contributed by atoms with Crippen molar-refractivity contribution in [3.63, 3.8) is 0 Å². The molecular weight excluding hydrogens is 390 g/mol. The van der Waals surface area contributed by atoms with E-state index in [0.29, 0.717) is 17.2 Å². The van der Waals surface area contributed by atoms with Crippen LogP contribution in [0.2, 0.25) is 5.02 Å². The number of amides is 1. The number of rotatable bonds is 5. The van der Waals surface area contributed by atoms with E-state index in [-0.39, 0.29) is 18.1 Å². The zero-order chi connectivity index (χ0) is 20.4. The second-order valence-electron chi connectivity index (χ2n) is 6.48. The zero-order valence-electron chi connectivity index (χ0n) is 15.6. The zero-order valence-corrected chi connectivity index (χ0v) is 16.4. The van der Waals surface area contributed by atoms with E-state index in [1.165, 1.54) is 0 Å². The lowest BCUT2D eigenvalue weighted by atomic mass is 9.80. The Hall–Kier alpha value is -3.31. The summed E-state index contributed by atoms with van der Waals surface area (Å²) < 4.78 is 11.2. The average molecular weight is 408 g/mol. The summed E-state index contributed by atoms with van der Waals surface area (Å²) in [5.74, 6) is -0.544. The molecule has 1 aliphatic heterocycles. The molecule has 146 valence electrons. The molecule has 1 heterocycles. The highest BCUT2D eigenvalue weighted by Gasteiger charge is 2.38. The van der Waals surface area contributed by atoms with Crippen LogP contribution in [-0.2, 0) is 14.3 Å². The van der Waals surface area contributed by atoms with Crippen LogP contribution in [0.25, 0.3) is 10.8 Å². The van der Waals surface area contributed by atoms with E-state index in [1.807, 2.05) is 54.6 Å². The summed E-state index contributed by atoms with van der Waals surface area (Å²) in [5.41, 5.74) is 1.73. The van der Waals surface area contributed by atoms with Crippen LogP contribution >= 0.6 is 11.6 Å². The number of fused-ring (bicyclic) bond motifs is 3. The first-order valence-electron chi connectivity index (χ1n) is 9.21. The topological polar surface area (TPSA) is 64.6 Å². The van der Waals surface area contributed by atoms with Gasteiger partial charge in [-0.1, -0.05) is 60.1 Å². The number of carbonyl (C=O) groups is 2. The maximum Gasteiger partial charge on any atom is 0.340 e. The number of halogens is 1. The molecule has 0 saturated carbocycles. The van der Waals surface area contributed by atoms with Gasteiger partial charge in [-0.05, 0) is 35.4 Å². The lowest BCUT2D eigenvalue weighted by molar-refractivity contribution is -0.139. The highest BCUT2D eigenvalue weighted by atomic mass is 35.5. The van der Waals surface area contributed by atoms with E-state index in [2.05, 4.69) is 5.32 Å². The van der Waals surface area contributed by atoms with Crippen molar-refractivity contribution in [3.8, 4) is 5.75 Å². The van der Waals surface area contributed by atoms with Crippen molar-refractivity contribution in [1.29, 1.82) is 0 Å². The van der Waals surface area contributed by atoms with E-state index < -0.39 is 11.9 Å². The van der Waals surface area contributed by atoms with Gasteiger partial charge in [-0.2, -0.15) is 0 Å². The van der Waals surface area contributed by atoms with E-state index in [0.717, 1.165) is 21.9 Å². The van der Waals surface area contributed by atoms with Crippen LogP contribution in [0.5, 0.6) is 5.75 Å². The molecule has 3 aromatic rings. The molecule has 0 fully saturated rings. The van der Waals surface area contributed by atoms with Gasteiger partial charge < -0.3 is 9.47 Å². The minimum absolute atomic E-state index is 0.0474. The first kappa shape index (κ1) is 19.0. The van der Waals surface area contributed by atoms with E-state index in [4.69, 9.17) is 21.1 Å². The van der Waals surface area contributed by atoms with Crippen LogP contribution in [0.3, 0.4) is 0 Å². The van der Waals surface area contributed by atoms with Crippen molar-refractivity contribution in [2.24, 2.45) is 0 Å². The van der Waals surface area contributed by atoms with Gasteiger partial charge in [0.1, 0.15) is 11.3 Å². The van der Waals surface area contributed by atoms with Gasteiger partial charge in [-0.15, -0.1) is 0 Å². The minimum atomic E-state index is -0.569. The minimum Gasteiger partial charge on any atom is -0.462 e. The van der Waals surface area contributed by atoms with E-state index in [9.17, 15) is 9.59 Å². The maximum absolute atomic E-state index is 13.0. The molecule has 0 spiro atoms. The van der Waals surface area contributed by atoms with E-state index in [1.54, 1.807) is 13.0 Å². The predicted octanol–water partition coefficient (Wildman–Crippen LogP) is 4.54. The molecule has 0 saturated heterocycles. The molecule has 1 aliphatic rings. The second kappa shape index (κ2) is 7.97. The molecule has 1 amide bonds. The van der Waals surface area contributed by atoms with Gasteiger partial charge in [-0.25, -0.2) is 4.79 Å². The molecule has 3 aromatic carbocycles. The van der Waals surface area contributed by atoms with E-state index >= 15 is 0 Å². The number of ether oxygens (including phenoxy) is 2. The van der Waals surface area contributed by atoms with Crippen molar-refractivity contribution >= 4 is 34.8 Å².